The van der Waals surface area contributed by atoms with Crippen LogP contribution in [0.1, 0.15) is 19.5 Å². The van der Waals surface area contributed by atoms with Crippen molar-refractivity contribution in [2.24, 2.45) is 0 Å². The van der Waals surface area contributed by atoms with E-state index in [1.165, 1.54) is 6.33 Å². The number of benzene rings is 1. The Morgan fingerprint density at radius 3 is 2.43 bits per heavy atom. The van der Waals surface area contributed by atoms with Gasteiger partial charge < -0.3 is 19.9 Å². The molecule has 0 radical (unpaired) electrons. The molecule has 0 spiro atoms. The summed E-state index contributed by atoms with van der Waals surface area (Å²) in [5.74, 6) is 6.60. The second-order valence-corrected chi connectivity index (χ2v) is 4.37. The zero-order chi connectivity index (χ0) is 16.5. The molecule has 2 rings (SSSR count). The number of nitrogen functional groups attached to an aromatic ring is 1. The van der Waals surface area contributed by atoms with E-state index in [2.05, 4.69) is 21.8 Å². The van der Waals surface area contributed by atoms with Crippen LogP contribution in [-0.2, 0) is 9.47 Å². The van der Waals surface area contributed by atoms with Crippen molar-refractivity contribution in [1.29, 1.82) is 0 Å². The average molecular weight is 313 g/mol. The predicted molar refractivity (Wildman–Crippen MR) is 86.9 cm³/mol. The molecule has 0 saturated heterocycles. The smallest absolute Gasteiger partial charge is 0.247 e. The number of rotatable bonds is 6. The van der Waals surface area contributed by atoms with Gasteiger partial charge in [0.05, 0.1) is 0 Å². The van der Waals surface area contributed by atoms with E-state index in [1.807, 2.05) is 44.2 Å². The first-order chi connectivity index (χ1) is 11.2. The number of para-hydroxylation sites is 1. The van der Waals surface area contributed by atoms with Crippen molar-refractivity contribution in [3.05, 3.63) is 42.4 Å². The van der Waals surface area contributed by atoms with Crippen LogP contribution >= 0.6 is 0 Å². The lowest BCUT2D eigenvalue weighted by Crippen LogP contribution is -2.15. The van der Waals surface area contributed by atoms with Crippen LogP contribution in [0.3, 0.4) is 0 Å². The van der Waals surface area contributed by atoms with Crippen molar-refractivity contribution in [3.8, 4) is 23.5 Å². The SMILES string of the molecule is CCOC(C#Cc1ncnc(Oc2ccccc2)c1N)OCC. The quantitative estimate of drug-likeness (QED) is 0.652. The maximum absolute atomic E-state index is 6.03. The molecular formula is C17H19N3O3. The van der Waals surface area contributed by atoms with Crippen LogP contribution in [0.2, 0.25) is 0 Å². The minimum Gasteiger partial charge on any atom is -0.437 e. The Morgan fingerprint density at radius 1 is 1.09 bits per heavy atom. The van der Waals surface area contributed by atoms with Gasteiger partial charge in [0.1, 0.15) is 23.5 Å². The number of hydrogen-bond donors (Lipinski definition) is 1. The van der Waals surface area contributed by atoms with E-state index in [0.29, 0.717) is 24.7 Å². The molecule has 0 amide bonds. The second-order valence-electron chi connectivity index (χ2n) is 4.37. The molecule has 0 saturated carbocycles. The summed E-state index contributed by atoms with van der Waals surface area (Å²) >= 11 is 0. The molecule has 0 fully saturated rings. The number of hydrogen-bond acceptors (Lipinski definition) is 6. The molecular weight excluding hydrogens is 294 g/mol. The van der Waals surface area contributed by atoms with Crippen LogP contribution in [0.25, 0.3) is 0 Å². The van der Waals surface area contributed by atoms with Crippen molar-refractivity contribution in [1.82, 2.24) is 9.97 Å². The number of ether oxygens (including phenoxy) is 3. The van der Waals surface area contributed by atoms with Crippen molar-refractivity contribution in [2.75, 3.05) is 18.9 Å². The molecule has 0 aliphatic carbocycles. The number of nitrogens with two attached hydrogens (primary N) is 1. The van der Waals surface area contributed by atoms with Gasteiger partial charge in [0.2, 0.25) is 12.2 Å². The van der Waals surface area contributed by atoms with Gasteiger partial charge in [0.25, 0.3) is 0 Å². The van der Waals surface area contributed by atoms with E-state index in [0.717, 1.165) is 0 Å². The highest BCUT2D eigenvalue weighted by Crippen LogP contribution is 2.25. The van der Waals surface area contributed by atoms with Gasteiger partial charge in [-0.2, -0.15) is 4.98 Å². The average Bonchev–Trinajstić information content (AvgIpc) is 2.57. The molecule has 2 aromatic rings. The fraction of sp³-hybridized carbons (Fsp3) is 0.294. The van der Waals surface area contributed by atoms with E-state index in [1.54, 1.807) is 0 Å². The Balaban J connectivity index is 2.19. The third-order valence-corrected chi connectivity index (χ3v) is 2.75. The second kappa shape index (κ2) is 8.73. The summed E-state index contributed by atoms with van der Waals surface area (Å²) in [6.07, 6.45) is 0.743. The highest BCUT2D eigenvalue weighted by Gasteiger charge is 2.09. The maximum Gasteiger partial charge on any atom is 0.247 e. The summed E-state index contributed by atoms with van der Waals surface area (Å²) in [6.45, 7) is 4.75. The summed E-state index contributed by atoms with van der Waals surface area (Å²) in [6, 6.07) is 9.25. The first-order valence-corrected chi connectivity index (χ1v) is 7.32. The van der Waals surface area contributed by atoms with Crippen LogP contribution < -0.4 is 10.5 Å². The first-order valence-electron chi connectivity index (χ1n) is 7.32. The molecule has 6 nitrogen and oxygen atoms in total. The van der Waals surface area contributed by atoms with Gasteiger partial charge in [-0.1, -0.05) is 18.2 Å². The standard InChI is InChI=1S/C17H19N3O3/c1-3-21-15(22-4-2)11-10-14-16(18)17(20-12-19-14)23-13-8-6-5-7-9-13/h5-9,12,15H,3-4,18H2,1-2H3. The van der Waals surface area contributed by atoms with Gasteiger partial charge in [-0.3, -0.25) is 0 Å². The van der Waals surface area contributed by atoms with Gasteiger partial charge in [-0.05, 0) is 37.8 Å². The molecule has 6 heteroatoms. The lowest BCUT2D eigenvalue weighted by atomic mass is 10.3. The predicted octanol–water partition coefficient (Wildman–Crippen LogP) is 2.60. The van der Waals surface area contributed by atoms with Gasteiger partial charge >= 0.3 is 0 Å². The fourth-order valence-electron chi connectivity index (χ4n) is 1.72. The van der Waals surface area contributed by atoms with Crippen LogP contribution in [-0.4, -0.2) is 29.5 Å². The molecule has 0 aliphatic heterocycles. The molecule has 120 valence electrons. The minimum atomic E-state index is -0.613. The Bertz CT molecular complexity index is 674. The molecule has 1 aromatic carbocycles. The van der Waals surface area contributed by atoms with E-state index < -0.39 is 6.29 Å². The molecule has 0 bridgehead atoms. The van der Waals surface area contributed by atoms with E-state index >= 15 is 0 Å². The molecule has 0 aliphatic rings. The molecule has 1 heterocycles. The van der Waals surface area contributed by atoms with Crippen LogP contribution in [0, 0.1) is 11.8 Å². The molecule has 0 unspecified atom stereocenters. The molecule has 2 N–H and O–H groups in total. The van der Waals surface area contributed by atoms with Crippen LogP contribution in [0.5, 0.6) is 11.6 Å². The van der Waals surface area contributed by atoms with Crippen molar-refractivity contribution < 1.29 is 14.2 Å². The summed E-state index contributed by atoms with van der Waals surface area (Å²) in [5, 5.41) is 0. The summed E-state index contributed by atoms with van der Waals surface area (Å²) in [4.78, 5) is 8.12. The highest BCUT2D eigenvalue weighted by molar-refractivity contribution is 5.59. The van der Waals surface area contributed by atoms with E-state index in [-0.39, 0.29) is 11.6 Å². The van der Waals surface area contributed by atoms with E-state index in [9.17, 15) is 0 Å². The lowest BCUT2D eigenvalue weighted by molar-refractivity contribution is -0.0969. The number of anilines is 1. The monoisotopic (exact) mass is 313 g/mol. The van der Waals surface area contributed by atoms with Gasteiger partial charge in [0, 0.05) is 13.2 Å². The topological polar surface area (TPSA) is 79.5 Å². The van der Waals surface area contributed by atoms with Crippen LogP contribution in [0.4, 0.5) is 5.69 Å². The Kier molecular flexibility index (Phi) is 6.36. The first kappa shape index (κ1) is 16.7. The fourth-order valence-corrected chi connectivity index (χ4v) is 1.72. The lowest BCUT2D eigenvalue weighted by Gasteiger charge is -2.10. The maximum atomic E-state index is 6.03. The van der Waals surface area contributed by atoms with Crippen molar-refractivity contribution in [2.45, 2.75) is 20.1 Å². The highest BCUT2D eigenvalue weighted by atomic mass is 16.7. The normalized spacial score (nSPS) is 10.2. The molecule has 0 atom stereocenters. The zero-order valence-corrected chi connectivity index (χ0v) is 13.2. The van der Waals surface area contributed by atoms with Gasteiger partial charge in [-0.15, -0.1) is 0 Å². The number of nitrogens with zero attached hydrogens (tertiary/aromatic N) is 2. The van der Waals surface area contributed by atoms with Crippen molar-refractivity contribution in [3.63, 3.8) is 0 Å². The van der Waals surface area contributed by atoms with Gasteiger partial charge in [0.15, 0.2) is 0 Å². The molecule has 1 aromatic heterocycles. The summed E-state index contributed by atoms with van der Waals surface area (Å²) in [5.41, 5.74) is 6.68. The van der Waals surface area contributed by atoms with E-state index in [4.69, 9.17) is 19.9 Å². The Hall–Kier alpha value is -2.62. The number of aromatic nitrogens is 2. The Labute approximate surface area is 135 Å². The van der Waals surface area contributed by atoms with Crippen molar-refractivity contribution >= 4 is 5.69 Å². The van der Waals surface area contributed by atoms with Crippen LogP contribution in [0.15, 0.2) is 36.7 Å². The summed E-state index contributed by atoms with van der Waals surface area (Å²) < 4.78 is 16.4. The summed E-state index contributed by atoms with van der Waals surface area (Å²) in [7, 11) is 0. The minimum absolute atomic E-state index is 0.264. The zero-order valence-electron chi connectivity index (χ0n) is 13.2. The largest absolute Gasteiger partial charge is 0.437 e. The third kappa shape index (κ3) is 4.95. The Morgan fingerprint density at radius 2 is 1.78 bits per heavy atom. The molecule has 23 heavy (non-hydrogen) atoms. The van der Waals surface area contributed by atoms with Gasteiger partial charge in [-0.25, -0.2) is 4.98 Å². The third-order valence-electron chi connectivity index (χ3n) is 2.75.